The van der Waals surface area contributed by atoms with Gasteiger partial charge in [-0.05, 0) is 19.9 Å². The van der Waals surface area contributed by atoms with Crippen LogP contribution in [-0.4, -0.2) is 32.2 Å². The number of fused-ring (bicyclic) bond motifs is 1. The van der Waals surface area contributed by atoms with Crippen LogP contribution in [0.25, 0.3) is 5.78 Å². The highest BCUT2D eigenvalue weighted by atomic mass is 35.5. The summed E-state index contributed by atoms with van der Waals surface area (Å²) < 4.78 is 6.29. The number of carbonyl (C=O) groups excluding carboxylic acids is 1. The Hall–Kier alpha value is -1.69. The van der Waals surface area contributed by atoms with E-state index in [0.717, 1.165) is 5.69 Å². The Kier molecular flexibility index (Phi) is 3.76. The van der Waals surface area contributed by atoms with Crippen molar-refractivity contribution in [3.8, 4) is 0 Å². The second-order valence-corrected chi connectivity index (χ2v) is 4.15. The number of aromatic nitrogens is 4. The van der Waals surface area contributed by atoms with Gasteiger partial charge in [0.2, 0.25) is 0 Å². The molecule has 7 heteroatoms. The Balaban J connectivity index is 2.15. The average molecular weight is 269 g/mol. The first-order valence-corrected chi connectivity index (χ1v) is 6.02. The molecule has 2 heterocycles. The van der Waals surface area contributed by atoms with Crippen LogP contribution >= 0.6 is 11.6 Å². The zero-order valence-electron chi connectivity index (χ0n) is 10.2. The molecule has 0 atom stereocenters. The van der Waals surface area contributed by atoms with Crippen molar-refractivity contribution in [2.45, 2.75) is 26.7 Å². The van der Waals surface area contributed by atoms with Crippen LogP contribution in [0.3, 0.4) is 0 Å². The summed E-state index contributed by atoms with van der Waals surface area (Å²) in [5.74, 6) is 0.716. The summed E-state index contributed by atoms with van der Waals surface area (Å²) in [6, 6.07) is 1.71. The van der Waals surface area contributed by atoms with E-state index in [9.17, 15) is 4.79 Å². The van der Waals surface area contributed by atoms with Gasteiger partial charge in [0.25, 0.3) is 5.78 Å². The van der Waals surface area contributed by atoms with E-state index in [1.165, 1.54) is 4.52 Å². The number of halogens is 1. The quantitative estimate of drug-likeness (QED) is 0.622. The zero-order chi connectivity index (χ0) is 13.1. The minimum atomic E-state index is -0.258. The number of carbonyl (C=O) groups is 1. The third-order valence-electron chi connectivity index (χ3n) is 2.30. The molecule has 0 aliphatic carbocycles. The summed E-state index contributed by atoms with van der Waals surface area (Å²) in [4.78, 5) is 19.7. The van der Waals surface area contributed by atoms with Gasteiger partial charge in [-0.1, -0.05) is 11.6 Å². The van der Waals surface area contributed by atoms with Crippen LogP contribution in [0.1, 0.15) is 24.9 Å². The lowest BCUT2D eigenvalue weighted by Crippen LogP contribution is -2.05. The molecule has 96 valence electrons. The van der Waals surface area contributed by atoms with Crippen LogP contribution in [0.5, 0.6) is 0 Å². The standard InChI is InChI=1S/C11H13ClN4O2/c1-3-18-10(17)5-4-9-14-11-13-7(2)6-8(12)16(11)15-9/h6H,3-5H2,1-2H3. The van der Waals surface area contributed by atoms with E-state index in [1.54, 1.807) is 13.0 Å². The first-order valence-electron chi connectivity index (χ1n) is 5.64. The van der Waals surface area contributed by atoms with Gasteiger partial charge in [-0.15, -0.1) is 5.10 Å². The Morgan fingerprint density at radius 2 is 2.28 bits per heavy atom. The fraction of sp³-hybridized carbons (Fsp3) is 0.455. The van der Waals surface area contributed by atoms with Gasteiger partial charge >= 0.3 is 5.97 Å². The number of esters is 1. The molecule has 0 saturated carbocycles. The normalized spacial score (nSPS) is 10.8. The highest BCUT2D eigenvalue weighted by molar-refractivity contribution is 6.29. The monoisotopic (exact) mass is 268 g/mol. The summed E-state index contributed by atoms with van der Waals surface area (Å²) in [5.41, 5.74) is 0.775. The minimum absolute atomic E-state index is 0.251. The summed E-state index contributed by atoms with van der Waals surface area (Å²) in [5, 5.41) is 4.64. The van der Waals surface area contributed by atoms with E-state index in [-0.39, 0.29) is 12.4 Å². The van der Waals surface area contributed by atoms with Crippen molar-refractivity contribution in [2.75, 3.05) is 6.61 Å². The van der Waals surface area contributed by atoms with Crippen molar-refractivity contribution in [1.82, 2.24) is 19.6 Å². The van der Waals surface area contributed by atoms with E-state index >= 15 is 0 Å². The predicted molar refractivity (Wildman–Crippen MR) is 65.5 cm³/mol. The van der Waals surface area contributed by atoms with Crippen LogP contribution in [0.4, 0.5) is 0 Å². The van der Waals surface area contributed by atoms with Gasteiger partial charge in [0.15, 0.2) is 5.82 Å². The molecule has 2 rings (SSSR count). The Labute approximate surface area is 109 Å². The summed E-state index contributed by atoms with van der Waals surface area (Å²) in [6.45, 7) is 3.98. The largest absolute Gasteiger partial charge is 0.466 e. The molecule has 0 bridgehead atoms. The van der Waals surface area contributed by atoms with Crippen molar-refractivity contribution >= 4 is 23.3 Å². The van der Waals surface area contributed by atoms with Gasteiger partial charge in [0.1, 0.15) is 5.15 Å². The maximum atomic E-state index is 11.2. The highest BCUT2D eigenvalue weighted by Crippen LogP contribution is 2.12. The van der Waals surface area contributed by atoms with Crippen molar-refractivity contribution in [3.63, 3.8) is 0 Å². The maximum Gasteiger partial charge on any atom is 0.306 e. The molecule has 0 fully saturated rings. The molecular formula is C11H13ClN4O2. The lowest BCUT2D eigenvalue weighted by atomic mass is 10.3. The highest BCUT2D eigenvalue weighted by Gasteiger charge is 2.10. The van der Waals surface area contributed by atoms with E-state index in [2.05, 4.69) is 15.1 Å². The Morgan fingerprint density at radius 3 is 3.00 bits per heavy atom. The van der Waals surface area contributed by atoms with Gasteiger partial charge in [0, 0.05) is 12.1 Å². The van der Waals surface area contributed by atoms with Crippen molar-refractivity contribution in [2.24, 2.45) is 0 Å². The number of rotatable bonds is 4. The van der Waals surface area contributed by atoms with E-state index in [0.29, 0.717) is 29.8 Å². The SMILES string of the molecule is CCOC(=O)CCc1nc2nc(C)cc(Cl)n2n1. The molecular weight excluding hydrogens is 256 g/mol. The van der Waals surface area contributed by atoms with Crippen molar-refractivity contribution in [1.29, 1.82) is 0 Å². The molecule has 2 aromatic rings. The second kappa shape index (κ2) is 5.30. The molecule has 0 spiro atoms. The minimum Gasteiger partial charge on any atom is -0.466 e. The van der Waals surface area contributed by atoms with Crippen LogP contribution < -0.4 is 0 Å². The lowest BCUT2D eigenvalue weighted by molar-refractivity contribution is -0.143. The molecule has 18 heavy (non-hydrogen) atoms. The summed E-state index contributed by atoms with van der Waals surface area (Å²) in [7, 11) is 0. The van der Waals surface area contributed by atoms with Crippen LogP contribution in [0.2, 0.25) is 5.15 Å². The molecule has 6 nitrogen and oxygen atoms in total. The molecule has 0 N–H and O–H groups in total. The molecule has 2 aromatic heterocycles. The second-order valence-electron chi connectivity index (χ2n) is 3.77. The molecule has 0 aliphatic rings. The number of hydrogen-bond acceptors (Lipinski definition) is 5. The van der Waals surface area contributed by atoms with Crippen LogP contribution in [0.15, 0.2) is 6.07 Å². The molecule has 0 aromatic carbocycles. The molecule has 0 aliphatic heterocycles. The van der Waals surface area contributed by atoms with Gasteiger partial charge < -0.3 is 4.74 Å². The van der Waals surface area contributed by atoms with Crippen LogP contribution in [-0.2, 0) is 16.0 Å². The first kappa shape index (κ1) is 12.8. The van der Waals surface area contributed by atoms with E-state index in [4.69, 9.17) is 16.3 Å². The van der Waals surface area contributed by atoms with Gasteiger partial charge in [-0.2, -0.15) is 9.50 Å². The molecule has 0 unspecified atom stereocenters. The van der Waals surface area contributed by atoms with E-state index < -0.39 is 0 Å². The number of nitrogens with zero attached hydrogens (tertiary/aromatic N) is 4. The van der Waals surface area contributed by atoms with Gasteiger partial charge in [0.05, 0.1) is 13.0 Å². The van der Waals surface area contributed by atoms with Crippen LogP contribution in [0, 0.1) is 6.92 Å². The predicted octanol–water partition coefficient (Wildman–Crippen LogP) is 1.58. The third-order valence-corrected chi connectivity index (χ3v) is 2.57. The zero-order valence-corrected chi connectivity index (χ0v) is 10.9. The smallest absolute Gasteiger partial charge is 0.306 e. The summed E-state index contributed by atoms with van der Waals surface area (Å²) >= 11 is 6.02. The number of ether oxygens (including phenoxy) is 1. The molecule has 0 radical (unpaired) electrons. The topological polar surface area (TPSA) is 69.4 Å². The summed E-state index contributed by atoms with van der Waals surface area (Å²) in [6.07, 6.45) is 0.666. The fourth-order valence-corrected chi connectivity index (χ4v) is 1.81. The van der Waals surface area contributed by atoms with Crippen molar-refractivity contribution in [3.05, 3.63) is 22.7 Å². The fourth-order valence-electron chi connectivity index (χ4n) is 1.54. The van der Waals surface area contributed by atoms with E-state index in [1.807, 2.05) is 6.92 Å². The number of aryl methyl sites for hydroxylation is 2. The number of hydrogen-bond donors (Lipinski definition) is 0. The van der Waals surface area contributed by atoms with Gasteiger partial charge in [-0.3, -0.25) is 4.79 Å². The molecule has 0 saturated heterocycles. The van der Waals surface area contributed by atoms with Crippen molar-refractivity contribution < 1.29 is 9.53 Å². The maximum absolute atomic E-state index is 11.2. The lowest BCUT2D eigenvalue weighted by Gasteiger charge is -1.98. The first-order chi connectivity index (χ1) is 8.60. The molecule has 0 amide bonds. The Morgan fingerprint density at radius 1 is 1.50 bits per heavy atom. The van der Waals surface area contributed by atoms with Gasteiger partial charge in [-0.25, -0.2) is 4.98 Å². The third kappa shape index (κ3) is 2.76. The Bertz CT molecular complexity index is 582. The average Bonchev–Trinajstić information content (AvgIpc) is 2.70.